The second kappa shape index (κ2) is 9.49. The fourth-order valence-corrected chi connectivity index (χ4v) is 3.48. The van der Waals surface area contributed by atoms with Gasteiger partial charge in [0.2, 0.25) is 5.88 Å². The van der Waals surface area contributed by atoms with E-state index in [1.165, 1.54) is 0 Å². The summed E-state index contributed by atoms with van der Waals surface area (Å²) in [5.41, 5.74) is 4.30. The Labute approximate surface area is 186 Å². The third kappa shape index (κ3) is 5.06. The summed E-state index contributed by atoms with van der Waals surface area (Å²) in [7, 11) is 1.62. The van der Waals surface area contributed by atoms with Gasteiger partial charge in [-0.25, -0.2) is 9.67 Å². The van der Waals surface area contributed by atoms with Crippen LogP contribution >= 0.6 is 11.6 Å². The molecule has 0 saturated heterocycles. The number of hydrogen-bond acceptors (Lipinski definition) is 5. The molecule has 0 bridgehead atoms. The van der Waals surface area contributed by atoms with Gasteiger partial charge in [-0.3, -0.25) is 4.79 Å². The summed E-state index contributed by atoms with van der Waals surface area (Å²) < 4.78 is 12.3. The van der Waals surface area contributed by atoms with Crippen molar-refractivity contribution in [2.24, 2.45) is 0 Å². The van der Waals surface area contributed by atoms with Gasteiger partial charge in [-0.15, -0.1) is 0 Å². The van der Waals surface area contributed by atoms with Crippen LogP contribution in [0.1, 0.15) is 45.9 Å². The Bertz CT molecular complexity index is 1060. The lowest BCUT2D eigenvalue weighted by Gasteiger charge is -2.11. The standard InChI is InChI=1S/C23H25ClN4O3/c1-15-3-7-18(11-20(15)24)28-22(17-5-6-17)19(14-27-28)23(29)26-13-16-4-8-21(25-12-16)31-10-9-30-2/h3-4,7-8,11-12,14,17H,5-6,9-10,13H2,1-2H3,(H,26,29). The number of methoxy groups -OCH3 is 1. The lowest BCUT2D eigenvalue weighted by atomic mass is 10.1. The Kier molecular flexibility index (Phi) is 6.53. The van der Waals surface area contributed by atoms with Crippen molar-refractivity contribution in [2.75, 3.05) is 20.3 Å². The van der Waals surface area contributed by atoms with E-state index in [4.69, 9.17) is 21.1 Å². The molecule has 3 aromatic rings. The van der Waals surface area contributed by atoms with Crippen LogP contribution in [0.4, 0.5) is 0 Å². The van der Waals surface area contributed by atoms with Crippen LogP contribution in [0.25, 0.3) is 5.69 Å². The smallest absolute Gasteiger partial charge is 0.255 e. The number of nitrogens with zero attached hydrogens (tertiary/aromatic N) is 3. The SMILES string of the molecule is COCCOc1ccc(CNC(=O)c2cnn(-c3ccc(C)c(Cl)c3)c2C2CC2)cn1. The first kappa shape index (κ1) is 21.3. The second-order valence-electron chi connectivity index (χ2n) is 7.59. The summed E-state index contributed by atoms with van der Waals surface area (Å²) in [4.78, 5) is 17.2. The lowest BCUT2D eigenvalue weighted by molar-refractivity contribution is 0.0950. The van der Waals surface area contributed by atoms with E-state index in [1.807, 2.05) is 35.9 Å². The number of carbonyl (C=O) groups is 1. The molecule has 1 aliphatic carbocycles. The van der Waals surface area contributed by atoms with Crippen molar-refractivity contribution in [1.29, 1.82) is 0 Å². The zero-order chi connectivity index (χ0) is 21.8. The van der Waals surface area contributed by atoms with Crippen molar-refractivity contribution in [3.05, 3.63) is 70.1 Å². The van der Waals surface area contributed by atoms with Gasteiger partial charge >= 0.3 is 0 Å². The minimum Gasteiger partial charge on any atom is -0.475 e. The molecule has 1 aliphatic rings. The van der Waals surface area contributed by atoms with Crippen molar-refractivity contribution >= 4 is 17.5 Å². The molecule has 1 fully saturated rings. The first-order valence-electron chi connectivity index (χ1n) is 10.3. The van der Waals surface area contributed by atoms with Crippen LogP contribution in [0, 0.1) is 6.92 Å². The maximum atomic E-state index is 12.9. The summed E-state index contributed by atoms with van der Waals surface area (Å²) in [6, 6.07) is 9.50. The number of ether oxygens (including phenoxy) is 2. The topological polar surface area (TPSA) is 78.3 Å². The minimum absolute atomic E-state index is 0.147. The van der Waals surface area contributed by atoms with Gasteiger partial charge in [0.05, 0.1) is 29.7 Å². The third-order valence-electron chi connectivity index (χ3n) is 5.20. The van der Waals surface area contributed by atoms with Gasteiger partial charge in [0.15, 0.2) is 0 Å². The number of halogens is 1. The predicted octanol–water partition coefficient (Wildman–Crippen LogP) is 4.06. The fraction of sp³-hybridized carbons (Fsp3) is 0.348. The van der Waals surface area contributed by atoms with Crippen LogP contribution in [0.2, 0.25) is 5.02 Å². The molecule has 1 amide bonds. The van der Waals surface area contributed by atoms with E-state index in [0.29, 0.717) is 42.1 Å². The molecular weight excluding hydrogens is 416 g/mol. The molecule has 4 rings (SSSR count). The van der Waals surface area contributed by atoms with Gasteiger partial charge < -0.3 is 14.8 Å². The molecule has 0 atom stereocenters. The summed E-state index contributed by atoms with van der Waals surface area (Å²) in [6.45, 7) is 3.28. The number of hydrogen-bond donors (Lipinski definition) is 1. The molecule has 1 saturated carbocycles. The van der Waals surface area contributed by atoms with Crippen molar-refractivity contribution in [3.63, 3.8) is 0 Å². The van der Waals surface area contributed by atoms with Gasteiger partial charge in [-0.1, -0.05) is 23.7 Å². The number of carbonyl (C=O) groups excluding carboxylic acids is 1. The summed E-state index contributed by atoms with van der Waals surface area (Å²) in [6.07, 6.45) is 5.45. The van der Waals surface area contributed by atoms with Crippen LogP contribution in [-0.4, -0.2) is 41.0 Å². The number of pyridine rings is 1. The first-order chi connectivity index (χ1) is 15.1. The van der Waals surface area contributed by atoms with Crippen LogP contribution < -0.4 is 10.1 Å². The maximum absolute atomic E-state index is 12.9. The van der Waals surface area contributed by atoms with Crippen LogP contribution in [0.15, 0.2) is 42.7 Å². The Morgan fingerprint density at radius 2 is 2.06 bits per heavy atom. The zero-order valence-corrected chi connectivity index (χ0v) is 18.4. The third-order valence-corrected chi connectivity index (χ3v) is 5.61. The van der Waals surface area contributed by atoms with E-state index >= 15 is 0 Å². The molecule has 1 N–H and O–H groups in total. The Balaban J connectivity index is 1.45. The van der Waals surface area contributed by atoms with E-state index in [0.717, 1.165) is 35.3 Å². The van der Waals surface area contributed by atoms with E-state index in [2.05, 4.69) is 15.4 Å². The average molecular weight is 441 g/mol. The number of aryl methyl sites for hydroxylation is 1. The molecule has 2 heterocycles. The van der Waals surface area contributed by atoms with Crippen molar-refractivity contribution in [3.8, 4) is 11.6 Å². The van der Waals surface area contributed by atoms with E-state index in [-0.39, 0.29) is 5.91 Å². The summed E-state index contributed by atoms with van der Waals surface area (Å²) >= 11 is 6.30. The van der Waals surface area contributed by atoms with Crippen molar-refractivity contribution < 1.29 is 14.3 Å². The molecule has 0 aliphatic heterocycles. The van der Waals surface area contributed by atoms with E-state index < -0.39 is 0 Å². The molecule has 31 heavy (non-hydrogen) atoms. The minimum atomic E-state index is -0.147. The molecule has 7 nitrogen and oxygen atoms in total. The molecule has 0 unspecified atom stereocenters. The molecular formula is C23H25ClN4O3. The number of benzene rings is 1. The molecule has 0 spiro atoms. The van der Waals surface area contributed by atoms with Crippen LogP contribution in [0.5, 0.6) is 5.88 Å². The zero-order valence-electron chi connectivity index (χ0n) is 17.6. The maximum Gasteiger partial charge on any atom is 0.255 e. The summed E-state index contributed by atoms with van der Waals surface area (Å²) in [5, 5.41) is 8.16. The normalized spacial score (nSPS) is 13.3. The highest BCUT2D eigenvalue weighted by Gasteiger charge is 2.33. The van der Waals surface area contributed by atoms with Gasteiger partial charge in [-0.05, 0) is 43.0 Å². The Morgan fingerprint density at radius 1 is 1.23 bits per heavy atom. The van der Waals surface area contributed by atoms with Crippen LogP contribution in [0.3, 0.4) is 0 Å². The lowest BCUT2D eigenvalue weighted by Crippen LogP contribution is -2.24. The van der Waals surface area contributed by atoms with E-state index in [1.54, 1.807) is 25.6 Å². The first-order valence-corrected chi connectivity index (χ1v) is 10.6. The van der Waals surface area contributed by atoms with Crippen molar-refractivity contribution in [1.82, 2.24) is 20.1 Å². The molecule has 162 valence electrons. The number of rotatable bonds is 9. The quantitative estimate of drug-likeness (QED) is 0.507. The molecule has 0 radical (unpaired) electrons. The summed E-state index contributed by atoms with van der Waals surface area (Å²) in [5.74, 6) is 0.724. The molecule has 8 heteroatoms. The highest BCUT2D eigenvalue weighted by molar-refractivity contribution is 6.31. The number of amides is 1. The van der Waals surface area contributed by atoms with Gasteiger partial charge in [-0.2, -0.15) is 5.10 Å². The molecule has 1 aromatic carbocycles. The number of nitrogens with one attached hydrogen (secondary N) is 1. The van der Waals surface area contributed by atoms with Crippen molar-refractivity contribution in [2.45, 2.75) is 32.2 Å². The Morgan fingerprint density at radius 3 is 2.74 bits per heavy atom. The average Bonchev–Trinajstić information content (AvgIpc) is 3.52. The van der Waals surface area contributed by atoms with Gasteiger partial charge in [0, 0.05) is 36.9 Å². The largest absolute Gasteiger partial charge is 0.475 e. The highest BCUT2D eigenvalue weighted by Crippen LogP contribution is 2.42. The Hall–Kier alpha value is -2.90. The monoisotopic (exact) mass is 440 g/mol. The number of aromatic nitrogens is 3. The predicted molar refractivity (Wildman–Crippen MR) is 118 cm³/mol. The van der Waals surface area contributed by atoms with Gasteiger partial charge in [0.25, 0.3) is 5.91 Å². The van der Waals surface area contributed by atoms with Gasteiger partial charge in [0.1, 0.15) is 6.61 Å². The highest BCUT2D eigenvalue weighted by atomic mass is 35.5. The van der Waals surface area contributed by atoms with Crippen LogP contribution in [-0.2, 0) is 11.3 Å². The van der Waals surface area contributed by atoms with E-state index in [9.17, 15) is 4.79 Å². The second-order valence-corrected chi connectivity index (χ2v) is 8.00. The fourth-order valence-electron chi connectivity index (χ4n) is 3.31. The molecule has 2 aromatic heterocycles.